The molecule has 0 aromatic carbocycles. The third kappa shape index (κ3) is 3.16. The summed E-state index contributed by atoms with van der Waals surface area (Å²) < 4.78 is 0.557. The molecule has 1 fully saturated rings. The van der Waals surface area contributed by atoms with Crippen LogP contribution in [0.4, 0.5) is 16.3 Å². The Morgan fingerprint density at radius 2 is 2.15 bits per heavy atom. The quantitative estimate of drug-likeness (QED) is 0.644. The first kappa shape index (κ1) is 14.5. The van der Waals surface area contributed by atoms with Crippen molar-refractivity contribution in [2.45, 2.75) is 6.42 Å². The van der Waals surface area contributed by atoms with Gasteiger partial charge in [-0.15, -0.1) is 0 Å². The van der Waals surface area contributed by atoms with Crippen molar-refractivity contribution >= 4 is 33.5 Å². The summed E-state index contributed by atoms with van der Waals surface area (Å²) in [5.41, 5.74) is 5.21. The van der Waals surface area contributed by atoms with Crippen LogP contribution in [0.3, 0.4) is 0 Å². The summed E-state index contributed by atoms with van der Waals surface area (Å²) in [6, 6.07) is 0.962. The highest BCUT2D eigenvalue weighted by Gasteiger charge is 2.24. The lowest BCUT2D eigenvalue weighted by Crippen LogP contribution is -2.38. The van der Waals surface area contributed by atoms with Crippen LogP contribution in [0.25, 0.3) is 0 Å². The number of hydrogen-bond acceptors (Lipinski definition) is 5. The zero-order valence-electron chi connectivity index (χ0n) is 10.7. The van der Waals surface area contributed by atoms with Crippen LogP contribution in [0.1, 0.15) is 6.42 Å². The van der Waals surface area contributed by atoms with Crippen molar-refractivity contribution in [1.82, 2.24) is 9.88 Å². The van der Waals surface area contributed by atoms with E-state index in [0.717, 1.165) is 0 Å². The van der Waals surface area contributed by atoms with Crippen molar-refractivity contribution in [3.8, 4) is 0 Å². The van der Waals surface area contributed by atoms with Crippen LogP contribution in [0, 0.1) is 10.1 Å². The summed E-state index contributed by atoms with van der Waals surface area (Å²) in [6.45, 7) is 2.05. The SMILES string of the molecule is NC(=O)N1CCCN(c2ncc(Br)cc2[N+](=O)[O-])CC1. The Morgan fingerprint density at radius 3 is 2.80 bits per heavy atom. The minimum Gasteiger partial charge on any atom is -0.351 e. The molecule has 0 saturated carbocycles. The average Bonchev–Trinajstić information content (AvgIpc) is 2.64. The van der Waals surface area contributed by atoms with E-state index in [2.05, 4.69) is 20.9 Å². The molecule has 1 aliphatic heterocycles. The molecule has 20 heavy (non-hydrogen) atoms. The maximum atomic E-state index is 11.2. The Morgan fingerprint density at radius 1 is 1.40 bits per heavy atom. The Hall–Kier alpha value is -1.90. The van der Waals surface area contributed by atoms with Crippen LogP contribution >= 0.6 is 15.9 Å². The third-order valence-corrected chi connectivity index (χ3v) is 3.55. The number of rotatable bonds is 2. The zero-order chi connectivity index (χ0) is 14.7. The van der Waals surface area contributed by atoms with Crippen molar-refractivity contribution < 1.29 is 9.72 Å². The van der Waals surface area contributed by atoms with Crippen LogP contribution in [-0.2, 0) is 0 Å². The van der Waals surface area contributed by atoms with Gasteiger partial charge in [-0.05, 0) is 22.4 Å². The van der Waals surface area contributed by atoms with Gasteiger partial charge in [0.25, 0.3) is 0 Å². The van der Waals surface area contributed by atoms with E-state index >= 15 is 0 Å². The number of primary amides is 1. The van der Waals surface area contributed by atoms with Gasteiger partial charge in [0.15, 0.2) is 0 Å². The lowest BCUT2D eigenvalue weighted by Gasteiger charge is -2.21. The number of urea groups is 1. The first-order valence-corrected chi connectivity index (χ1v) is 6.87. The van der Waals surface area contributed by atoms with E-state index in [-0.39, 0.29) is 5.69 Å². The molecule has 1 aromatic heterocycles. The molecule has 0 radical (unpaired) electrons. The van der Waals surface area contributed by atoms with Gasteiger partial charge in [-0.2, -0.15) is 0 Å². The summed E-state index contributed by atoms with van der Waals surface area (Å²) in [5, 5.41) is 11.1. The molecule has 108 valence electrons. The maximum absolute atomic E-state index is 11.2. The fourth-order valence-corrected chi connectivity index (χ4v) is 2.47. The van der Waals surface area contributed by atoms with E-state index in [4.69, 9.17) is 5.73 Å². The highest BCUT2D eigenvalue weighted by Crippen LogP contribution is 2.29. The molecule has 1 saturated heterocycles. The van der Waals surface area contributed by atoms with E-state index in [1.54, 1.807) is 0 Å². The number of halogens is 1. The average molecular weight is 344 g/mol. The molecule has 1 aromatic rings. The van der Waals surface area contributed by atoms with Crippen molar-refractivity contribution in [2.24, 2.45) is 5.73 Å². The van der Waals surface area contributed by atoms with Gasteiger partial charge in [-0.3, -0.25) is 10.1 Å². The minimum absolute atomic E-state index is 0.0492. The Bertz CT molecular complexity index is 539. The molecular weight excluding hydrogens is 330 g/mol. The zero-order valence-corrected chi connectivity index (χ0v) is 12.2. The van der Waals surface area contributed by atoms with Gasteiger partial charge >= 0.3 is 11.7 Å². The number of anilines is 1. The highest BCUT2D eigenvalue weighted by atomic mass is 79.9. The number of carbonyl (C=O) groups is 1. The number of hydrogen-bond donors (Lipinski definition) is 1. The largest absolute Gasteiger partial charge is 0.351 e. The monoisotopic (exact) mass is 343 g/mol. The summed E-state index contributed by atoms with van der Waals surface area (Å²) in [5.74, 6) is 0.324. The second kappa shape index (κ2) is 6.04. The molecule has 2 amide bonds. The van der Waals surface area contributed by atoms with Crippen LogP contribution in [-0.4, -0.2) is 47.0 Å². The molecule has 9 heteroatoms. The lowest BCUT2D eigenvalue weighted by atomic mass is 10.3. The predicted molar refractivity (Wildman–Crippen MR) is 76.6 cm³/mol. The predicted octanol–water partition coefficient (Wildman–Crippen LogP) is 1.34. The Kier molecular flexibility index (Phi) is 4.38. The molecule has 0 unspecified atom stereocenters. The molecule has 0 atom stereocenters. The van der Waals surface area contributed by atoms with E-state index in [9.17, 15) is 14.9 Å². The lowest BCUT2D eigenvalue weighted by molar-refractivity contribution is -0.384. The molecule has 0 spiro atoms. The molecule has 0 bridgehead atoms. The van der Waals surface area contributed by atoms with Gasteiger partial charge in [-0.1, -0.05) is 0 Å². The van der Waals surface area contributed by atoms with Gasteiger partial charge in [0.05, 0.1) is 4.92 Å². The van der Waals surface area contributed by atoms with Crippen LogP contribution in [0.5, 0.6) is 0 Å². The summed E-state index contributed by atoms with van der Waals surface area (Å²) in [4.78, 5) is 29.3. The fraction of sp³-hybridized carbons (Fsp3) is 0.455. The number of aromatic nitrogens is 1. The minimum atomic E-state index is -0.467. The van der Waals surface area contributed by atoms with Gasteiger partial charge in [0.1, 0.15) is 0 Å². The standard InChI is InChI=1S/C11H14BrN5O3/c12-8-6-9(17(19)20)10(14-7-8)15-2-1-3-16(5-4-15)11(13)18/h6-7H,1-5H2,(H2,13,18). The van der Waals surface area contributed by atoms with Crippen molar-refractivity contribution in [3.05, 3.63) is 26.9 Å². The van der Waals surface area contributed by atoms with Gasteiger partial charge < -0.3 is 15.5 Å². The number of carbonyl (C=O) groups excluding carboxylic acids is 1. The summed E-state index contributed by atoms with van der Waals surface area (Å²) in [6.07, 6.45) is 2.22. The summed E-state index contributed by atoms with van der Waals surface area (Å²) in [7, 11) is 0. The van der Waals surface area contributed by atoms with Gasteiger partial charge in [-0.25, -0.2) is 9.78 Å². The van der Waals surface area contributed by atoms with Crippen molar-refractivity contribution in [1.29, 1.82) is 0 Å². The molecule has 8 nitrogen and oxygen atoms in total. The van der Waals surface area contributed by atoms with Crippen LogP contribution in [0.2, 0.25) is 0 Å². The fourth-order valence-electron chi connectivity index (χ4n) is 2.15. The van der Waals surface area contributed by atoms with Crippen molar-refractivity contribution in [3.63, 3.8) is 0 Å². The Labute approximate surface area is 123 Å². The number of pyridine rings is 1. The van der Waals surface area contributed by atoms with Gasteiger partial charge in [0, 0.05) is 42.9 Å². The van der Waals surface area contributed by atoms with E-state index < -0.39 is 11.0 Å². The van der Waals surface area contributed by atoms with Crippen LogP contribution < -0.4 is 10.6 Å². The normalized spacial score (nSPS) is 15.8. The Balaban J connectivity index is 2.23. The van der Waals surface area contributed by atoms with Gasteiger partial charge in [0.2, 0.25) is 5.82 Å². The topological polar surface area (TPSA) is 106 Å². The summed E-state index contributed by atoms with van der Waals surface area (Å²) >= 11 is 3.18. The molecule has 2 heterocycles. The van der Waals surface area contributed by atoms with Crippen LogP contribution in [0.15, 0.2) is 16.7 Å². The molecule has 2 rings (SSSR count). The molecule has 1 aliphatic rings. The van der Waals surface area contributed by atoms with E-state index in [1.807, 2.05) is 4.90 Å². The first-order valence-electron chi connectivity index (χ1n) is 6.08. The molecule has 0 aliphatic carbocycles. The number of amides is 2. The third-order valence-electron chi connectivity index (χ3n) is 3.12. The number of nitrogens with two attached hydrogens (primary N) is 1. The highest BCUT2D eigenvalue weighted by molar-refractivity contribution is 9.10. The second-order valence-electron chi connectivity index (χ2n) is 4.42. The smallest absolute Gasteiger partial charge is 0.314 e. The first-order chi connectivity index (χ1) is 9.49. The molecular formula is C11H14BrN5O3. The number of nitrogens with zero attached hydrogens (tertiary/aromatic N) is 4. The van der Waals surface area contributed by atoms with E-state index in [1.165, 1.54) is 17.2 Å². The van der Waals surface area contributed by atoms with E-state index in [0.29, 0.717) is 42.9 Å². The van der Waals surface area contributed by atoms with Crippen molar-refractivity contribution in [2.75, 3.05) is 31.1 Å². The molecule has 2 N–H and O–H groups in total. The maximum Gasteiger partial charge on any atom is 0.314 e. The second-order valence-corrected chi connectivity index (χ2v) is 5.33. The number of nitro groups is 1.